The second-order valence-corrected chi connectivity index (χ2v) is 9.00. The van der Waals surface area contributed by atoms with Crippen LogP contribution in [0.3, 0.4) is 0 Å². The van der Waals surface area contributed by atoms with E-state index in [-0.39, 0.29) is 26.9 Å². The van der Waals surface area contributed by atoms with Gasteiger partial charge < -0.3 is 24.1 Å². The van der Waals surface area contributed by atoms with Gasteiger partial charge in [-0.05, 0) is 61.0 Å². The third-order valence-corrected chi connectivity index (χ3v) is 6.63. The first kappa shape index (κ1) is 27.2. The van der Waals surface area contributed by atoms with Gasteiger partial charge in [0.2, 0.25) is 0 Å². The van der Waals surface area contributed by atoms with Crippen LogP contribution in [-0.4, -0.2) is 44.7 Å². The summed E-state index contributed by atoms with van der Waals surface area (Å²) in [6.45, 7) is 2.34. The van der Waals surface area contributed by atoms with Crippen molar-refractivity contribution >= 4 is 46.3 Å². The van der Waals surface area contributed by atoms with Gasteiger partial charge >= 0.3 is 0 Å². The second kappa shape index (κ2) is 11.2. The predicted molar refractivity (Wildman–Crippen MR) is 145 cm³/mol. The summed E-state index contributed by atoms with van der Waals surface area (Å²) >= 11 is 12.6. The monoisotopic (exact) mass is 557 g/mol. The van der Waals surface area contributed by atoms with Gasteiger partial charge in [-0.25, -0.2) is 0 Å². The molecule has 0 saturated carbocycles. The van der Waals surface area contributed by atoms with Crippen molar-refractivity contribution in [3.05, 3.63) is 81.3 Å². The molecule has 1 amide bonds. The topological polar surface area (TPSA) is 94.5 Å². The minimum absolute atomic E-state index is 0.130. The van der Waals surface area contributed by atoms with E-state index in [2.05, 4.69) is 0 Å². The highest BCUT2D eigenvalue weighted by atomic mass is 35.5. The number of hydrogen-bond donors (Lipinski definition) is 1. The number of rotatable bonds is 8. The normalized spacial score (nSPS) is 16.5. The van der Waals surface area contributed by atoms with Gasteiger partial charge in [-0.15, -0.1) is 0 Å². The average molecular weight is 558 g/mol. The lowest BCUT2D eigenvalue weighted by molar-refractivity contribution is -0.132. The minimum Gasteiger partial charge on any atom is -0.507 e. The summed E-state index contributed by atoms with van der Waals surface area (Å²) in [6, 6.07) is 13.6. The Balaban J connectivity index is 1.95. The fraction of sp³-hybridized carbons (Fsp3) is 0.214. The first-order valence-electron chi connectivity index (χ1n) is 11.5. The number of Topliss-reactive ketones (excluding diaryl/α,β-unsaturated/α-hetero) is 1. The SMILES string of the molecule is CCOc1ccc(N2C(=O)C(=O)/C(=C(/O)c3cc(Cl)c(OC)c(Cl)c3)C2c2ccc(OC)c(OC)c2)cc1. The smallest absolute Gasteiger partial charge is 0.300 e. The van der Waals surface area contributed by atoms with Gasteiger partial charge in [-0.3, -0.25) is 14.5 Å². The molecule has 1 N–H and O–H groups in total. The fourth-order valence-electron chi connectivity index (χ4n) is 4.35. The lowest BCUT2D eigenvalue weighted by Crippen LogP contribution is -2.29. The molecule has 8 nitrogen and oxygen atoms in total. The number of benzene rings is 3. The molecule has 1 atom stereocenters. The summed E-state index contributed by atoms with van der Waals surface area (Å²) in [5.74, 6) is -0.460. The van der Waals surface area contributed by atoms with E-state index in [4.69, 9.17) is 42.1 Å². The maximum absolute atomic E-state index is 13.4. The van der Waals surface area contributed by atoms with E-state index in [1.54, 1.807) is 42.5 Å². The van der Waals surface area contributed by atoms with Crippen molar-refractivity contribution in [2.75, 3.05) is 32.8 Å². The maximum atomic E-state index is 13.4. The number of halogens is 2. The third kappa shape index (κ3) is 4.85. The van der Waals surface area contributed by atoms with Crippen molar-refractivity contribution in [3.8, 4) is 23.0 Å². The van der Waals surface area contributed by atoms with Gasteiger partial charge in [0.1, 0.15) is 11.5 Å². The molecule has 198 valence electrons. The summed E-state index contributed by atoms with van der Waals surface area (Å²) in [7, 11) is 4.39. The van der Waals surface area contributed by atoms with E-state index in [1.807, 2.05) is 6.92 Å². The van der Waals surface area contributed by atoms with Crippen LogP contribution in [0.1, 0.15) is 24.1 Å². The lowest BCUT2D eigenvalue weighted by atomic mass is 9.94. The number of nitrogens with zero attached hydrogens (tertiary/aromatic N) is 1. The zero-order valence-electron chi connectivity index (χ0n) is 21.1. The molecular formula is C28H25Cl2NO7. The van der Waals surface area contributed by atoms with Crippen molar-refractivity contribution in [3.63, 3.8) is 0 Å². The van der Waals surface area contributed by atoms with E-state index in [9.17, 15) is 14.7 Å². The molecule has 3 aromatic rings. The zero-order valence-corrected chi connectivity index (χ0v) is 22.6. The molecule has 10 heteroatoms. The standard InChI is InChI=1S/C28H25Cl2NO7/c1-5-38-18-9-7-17(8-10-18)31-24(15-6-11-21(35-2)22(14-15)36-3)23(26(33)28(31)34)25(32)16-12-19(29)27(37-4)20(30)13-16/h6-14,24,32H,5H2,1-4H3/b25-23+. The maximum Gasteiger partial charge on any atom is 0.300 e. The largest absolute Gasteiger partial charge is 0.507 e. The first-order chi connectivity index (χ1) is 18.2. The molecule has 0 radical (unpaired) electrons. The summed E-state index contributed by atoms with van der Waals surface area (Å²) in [6.07, 6.45) is 0. The van der Waals surface area contributed by atoms with Gasteiger partial charge in [-0.2, -0.15) is 0 Å². The zero-order chi connectivity index (χ0) is 27.6. The van der Waals surface area contributed by atoms with E-state index in [0.29, 0.717) is 35.1 Å². The summed E-state index contributed by atoms with van der Waals surface area (Å²) in [5.41, 5.74) is 0.938. The van der Waals surface area contributed by atoms with Crippen LogP contribution in [0.2, 0.25) is 10.0 Å². The Morgan fingerprint density at radius 2 is 1.53 bits per heavy atom. The highest BCUT2D eigenvalue weighted by Gasteiger charge is 2.47. The molecule has 4 rings (SSSR count). The molecule has 0 spiro atoms. The molecule has 1 aliphatic heterocycles. The number of carbonyl (C=O) groups is 2. The predicted octanol–water partition coefficient (Wildman–Crippen LogP) is 6.04. The molecule has 1 aliphatic rings. The van der Waals surface area contributed by atoms with Crippen molar-refractivity contribution in [1.29, 1.82) is 0 Å². The molecule has 3 aromatic carbocycles. The van der Waals surface area contributed by atoms with Crippen molar-refractivity contribution in [2.45, 2.75) is 13.0 Å². The molecular weight excluding hydrogens is 533 g/mol. The van der Waals surface area contributed by atoms with Crippen molar-refractivity contribution < 1.29 is 33.6 Å². The van der Waals surface area contributed by atoms with Crippen LogP contribution < -0.4 is 23.8 Å². The molecule has 38 heavy (non-hydrogen) atoms. The van der Waals surface area contributed by atoms with Crippen LogP contribution in [0.15, 0.2) is 60.2 Å². The van der Waals surface area contributed by atoms with Crippen LogP contribution in [0, 0.1) is 0 Å². The quantitative estimate of drug-likeness (QED) is 0.205. The van der Waals surface area contributed by atoms with Gasteiger partial charge in [0.15, 0.2) is 17.2 Å². The molecule has 1 heterocycles. The Kier molecular flexibility index (Phi) is 8.04. The van der Waals surface area contributed by atoms with E-state index in [1.165, 1.54) is 38.4 Å². The van der Waals surface area contributed by atoms with Crippen molar-refractivity contribution in [1.82, 2.24) is 0 Å². The molecule has 1 fully saturated rings. The first-order valence-corrected chi connectivity index (χ1v) is 12.3. The van der Waals surface area contributed by atoms with Crippen LogP contribution in [0.25, 0.3) is 5.76 Å². The Bertz CT molecular complexity index is 1400. The Morgan fingerprint density at radius 1 is 0.895 bits per heavy atom. The number of hydrogen-bond acceptors (Lipinski definition) is 7. The molecule has 0 aliphatic carbocycles. The fourth-order valence-corrected chi connectivity index (χ4v) is 5.00. The van der Waals surface area contributed by atoms with Gasteiger partial charge in [0.05, 0.1) is 49.6 Å². The van der Waals surface area contributed by atoms with Crippen LogP contribution in [0.4, 0.5) is 5.69 Å². The van der Waals surface area contributed by atoms with Crippen LogP contribution in [0.5, 0.6) is 23.0 Å². The van der Waals surface area contributed by atoms with E-state index < -0.39 is 23.5 Å². The Morgan fingerprint density at radius 3 is 2.08 bits per heavy atom. The summed E-state index contributed by atoms with van der Waals surface area (Å²) in [4.78, 5) is 28.2. The van der Waals surface area contributed by atoms with E-state index >= 15 is 0 Å². The van der Waals surface area contributed by atoms with Crippen LogP contribution in [-0.2, 0) is 9.59 Å². The second-order valence-electron chi connectivity index (χ2n) is 8.18. The number of anilines is 1. The summed E-state index contributed by atoms with van der Waals surface area (Å²) in [5, 5.41) is 11.7. The number of amides is 1. The average Bonchev–Trinajstić information content (AvgIpc) is 3.18. The summed E-state index contributed by atoms with van der Waals surface area (Å²) < 4.78 is 21.5. The highest BCUT2D eigenvalue weighted by Crippen LogP contribution is 2.45. The molecule has 1 saturated heterocycles. The van der Waals surface area contributed by atoms with Gasteiger partial charge in [0.25, 0.3) is 11.7 Å². The third-order valence-electron chi connectivity index (χ3n) is 6.07. The number of carbonyl (C=O) groups excluding carboxylic acids is 2. The Labute approximate surface area is 229 Å². The molecule has 1 unspecified atom stereocenters. The van der Waals surface area contributed by atoms with E-state index in [0.717, 1.165) is 0 Å². The van der Waals surface area contributed by atoms with Gasteiger partial charge in [-0.1, -0.05) is 29.3 Å². The molecule has 0 aromatic heterocycles. The lowest BCUT2D eigenvalue weighted by Gasteiger charge is -2.26. The number of ether oxygens (including phenoxy) is 4. The number of aliphatic hydroxyl groups excluding tert-OH is 1. The number of methoxy groups -OCH3 is 3. The number of ketones is 1. The highest BCUT2D eigenvalue weighted by molar-refractivity contribution is 6.51. The number of aliphatic hydroxyl groups is 1. The Hall–Kier alpha value is -3.88. The molecule has 0 bridgehead atoms. The van der Waals surface area contributed by atoms with Crippen molar-refractivity contribution in [2.24, 2.45) is 0 Å². The minimum atomic E-state index is -1.01. The van der Waals surface area contributed by atoms with Gasteiger partial charge in [0, 0.05) is 11.3 Å². The van der Waals surface area contributed by atoms with Crippen LogP contribution >= 0.6 is 23.2 Å².